The van der Waals surface area contributed by atoms with Crippen LogP contribution in [0.4, 0.5) is 11.5 Å². The Kier molecular flexibility index (Phi) is 5.67. The van der Waals surface area contributed by atoms with Crippen molar-refractivity contribution in [3.8, 4) is 5.75 Å². The zero-order chi connectivity index (χ0) is 20.3. The highest BCUT2D eigenvalue weighted by Crippen LogP contribution is 2.26. The Morgan fingerprint density at radius 3 is 2.93 bits per heavy atom. The molecule has 8 heteroatoms. The number of carbonyl (C=O) groups is 1. The minimum atomic E-state index is -0.686. The fourth-order valence-electron chi connectivity index (χ4n) is 3.14. The van der Waals surface area contributed by atoms with E-state index in [2.05, 4.69) is 4.98 Å². The minimum absolute atomic E-state index is 0.0128. The molecule has 1 aromatic heterocycles. The summed E-state index contributed by atoms with van der Waals surface area (Å²) in [6, 6.07) is 5.71. The first-order valence-corrected chi connectivity index (χ1v) is 9.26. The van der Waals surface area contributed by atoms with Gasteiger partial charge in [-0.3, -0.25) is 19.1 Å². The SMILES string of the molecule is CCCCn1c(N)c(N(C)C(=O)/C=C/c2ccc3c(c2)CCO3)c(=O)[nH]c1=O. The second kappa shape index (κ2) is 8.16. The lowest BCUT2D eigenvalue weighted by Crippen LogP contribution is -2.38. The number of nitrogen functional groups attached to an aromatic ring is 1. The second-order valence-electron chi connectivity index (χ2n) is 6.69. The summed E-state index contributed by atoms with van der Waals surface area (Å²) >= 11 is 0. The topological polar surface area (TPSA) is 110 Å². The lowest BCUT2D eigenvalue weighted by atomic mass is 10.1. The highest BCUT2D eigenvalue weighted by Gasteiger charge is 2.19. The Morgan fingerprint density at radius 1 is 1.39 bits per heavy atom. The van der Waals surface area contributed by atoms with Crippen LogP contribution in [0.1, 0.15) is 30.9 Å². The largest absolute Gasteiger partial charge is 0.493 e. The molecule has 0 saturated carbocycles. The third-order valence-corrected chi connectivity index (χ3v) is 4.75. The van der Waals surface area contributed by atoms with Crippen LogP contribution >= 0.6 is 0 Å². The quantitative estimate of drug-likeness (QED) is 0.734. The van der Waals surface area contributed by atoms with E-state index in [9.17, 15) is 14.4 Å². The van der Waals surface area contributed by atoms with Crippen LogP contribution in [0, 0.1) is 0 Å². The van der Waals surface area contributed by atoms with Crippen molar-refractivity contribution >= 4 is 23.5 Å². The van der Waals surface area contributed by atoms with Gasteiger partial charge in [0.05, 0.1) is 6.61 Å². The second-order valence-corrected chi connectivity index (χ2v) is 6.69. The van der Waals surface area contributed by atoms with Crippen molar-refractivity contribution in [2.24, 2.45) is 0 Å². The molecule has 2 heterocycles. The summed E-state index contributed by atoms with van der Waals surface area (Å²) in [5.41, 5.74) is 6.72. The molecule has 0 aliphatic carbocycles. The lowest BCUT2D eigenvalue weighted by molar-refractivity contribution is -0.113. The summed E-state index contributed by atoms with van der Waals surface area (Å²) in [6.07, 6.45) is 5.49. The molecule has 0 fully saturated rings. The average molecular weight is 384 g/mol. The molecule has 8 nitrogen and oxygen atoms in total. The predicted molar refractivity (Wildman–Crippen MR) is 109 cm³/mol. The van der Waals surface area contributed by atoms with E-state index < -0.39 is 17.2 Å². The highest BCUT2D eigenvalue weighted by atomic mass is 16.5. The van der Waals surface area contributed by atoms with Crippen LogP contribution in [0.15, 0.2) is 33.9 Å². The summed E-state index contributed by atoms with van der Waals surface area (Å²) in [4.78, 5) is 40.2. The Balaban J connectivity index is 1.85. The van der Waals surface area contributed by atoms with Gasteiger partial charge in [0, 0.05) is 26.1 Å². The monoisotopic (exact) mass is 384 g/mol. The molecule has 0 radical (unpaired) electrons. The molecule has 1 aromatic carbocycles. The molecule has 1 aliphatic heterocycles. The molecular formula is C20H24N4O4. The van der Waals surface area contributed by atoms with Crippen LogP contribution in [0.2, 0.25) is 0 Å². The predicted octanol–water partition coefficient (Wildman–Crippen LogP) is 1.53. The number of aromatic amines is 1. The fraction of sp³-hybridized carbons (Fsp3) is 0.350. The van der Waals surface area contributed by atoms with Crippen LogP contribution in [0.5, 0.6) is 5.75 Å². The normalized spacial score (nSPS) is 12.8. The molecule has 2 aromatic rings. The first-order chi connectivity index (χ1) is 13.4. The number of aromatic nitrogens is 2. The Bertz CT molecular complexity index is 1040. The van der Waals surface area contributed by atoms with Crippen molar-refractivity contribution < 1.29 is 9.53 Å². The smallest absolute Gasteiger partial charge is 0.330 e. The third kappa shape index (κ3) is 3.85. The number of fused-ring (bicyclic) bond motifs is 1. The number of nitrogens with one attached hydrogen (secondary N) is 1. The van der Waals surface area contributed by atoms with Gasteiger partial charge in [-0.05, 0) is 35.8 Å². The fourth-order valence-corrected chi connectivity index (χ4v) is 3.14. The first kappa shape index (κ1) is 19.5. The molecule has 1 amide bonds. The van der Waals surface area contributed by atoms with Crippen LogP contribution in [0.3, 0.4) is 0 Å². The number of H-pyrrole nitrogens is 1. The van der Waals surface area contributed by atoms with Gasteiger partial charge in [0.15, 0.2) is 5.69 Å². The molecule has 0 bridgehead atoms. The van der Waals surface area contributed by atoms with Crippen molar-refractivity contribution in [1.82, 2.24) is 9.55 Å². The van der Waals surface area contributed by atoms with Gasteiger partial charge in [-0.2, -0.15) is 0 Å². The molecule has 148 valence electrons. The summed E-state index contributed by atoms with van der Waals surface area (Å²) in [6.45, 7) is 3.03. The van der Waals surface area contributed by atoms with Crippen molar-refractivity contribution in [3.05, 3.63) is 56.2 Å². The van der Waals surface area contributed by atoms with Crippen LogP contribution in [-0.4, -0.2) is 29.1 Å². The lowest BCUT2D eigenvalue weighted by Gasteiger charge is -2.19. The molecule has 28 heavy (non-hydrogen) atoms. The Labute approximate surface area is 162 Å². The molecule has 3 rings (SSSR count). The average Bonchev–Trinajstić information content (AvgIpc) is 3.13. The van der Waals surface area contributed by atoms with E-state index in [-0.39, 0.29) is 11.5 Å². The molecule has 0 atom stereocenters. The van der Waals surface area contributed by atoms with Gasteiger partial charge in [-0.15, -0.1) is 0 Å². The number of ether oxygens (including phenoxy) is 1. The van der Waals surface area contributed by atoms with E-state index in [1.165, 1.54) is 17.7 Å². The van der Waals surface area contributed by atoms with Crippen molar-refractivity contribution in [1.29, 1.82) is 0 Å². The maximum Gasteiger partial charge on any atom is 0.330 e. The number of hydrogen-bond donors (Lipinski definition) is 2. The highest BCUT2D eigenvalue weighted by molar-refractivity contribution is 6.04. The first-order valence-electron chi connectivity index (χ1n) is 9.26. The molecule has 1 aliphatic rings. The Hall–Kier alpha value is -3.29. The number of unbranched alkanes of at least 4 members (excludes halogenated alkanes) is 1. The molecular weight excluding hydrogens is 360 g/mol. The van der Waals surface area contributed by atoms with E-state index in [0.717, 1.165) is 41.0 Å². The van der Waals surface area contributed by atoms with Gasteiger partial charge in [0.2, 0.25) is 0 Å². The van der Waals surface area contributed by atoms with Gasteiger partial charge < -0.3 is 15.4 Å². The standard InChI is InChI=1S/C20H24N4O4/c1-3-4-10-24-18(21)17(19(26)22-20(24)27)23(2)16(25)8-6-13-5-7-15-14(12-13)9-11-28-15/h5-8,12H,3-4,9-11,21H2,1-2H3,(H,22,26,27)/b8-6+. The van der Waals surface area contributed by atoms with Gasteiger partial charge in [-0.25, -0.2) is 4.79 Å². The molecule has 3 N–H and O–H groups in total. The van der Waals surface area contributed by atoms with E-state index in [1.54, 1.807) is 6.08 Å². The molecule has 0 saturated heterocycles. The number of anilines is 2. The van der Waals surface area contributed by atoms with E-state index >= 15 is 0 Å². The number of nitrogens with zero attached hydrogens (tertiary/aromatic N) is 2. The van der Waals surface area contributed by atoms with Crippen LogP contribution in [0.25, 0.3) is 6.08 Å². The third-order valence-electron chi connectivity index (χ3n) is 4.75. The summed E-state index contributed by atoms with van der Waals surface area (Å²) in [5.74, 6) is 0.435. The van der Waals surface area contributed by atoms with Crippen molar-refractivity contribution in [3.63, 3.8) is 0 Å². The Morgan fingerprint density at radius 2 is 2.18 bits per heavy atom. The van der Waals surface area contributed by atoms with Crippen LogP contribution in [-0.2, 0) is 17.8 Å². The number of hydrogen-bond acceptors (Lipinski definition) is 5. The van der Waals surface area contributed by atoms with Crippen molar-refractivity contribution in [2.75, 3.05) is 24.3 Å². The summed E-state index contributed by atoms with van der Waals surface area (Å²) < 4.78 is 6.76. The van der Waals surface area contributed by atoms with E-state index in [0.29, 0.717) is 13.2 Å². The van der Waals surface area contributed by atoms with Crippen molar-refractivity contribution in [2.45, 2.75) is 32.7 Å². The number of amides is 1. The van der Waals surface area contributed by atoms with Gasteiger partial charge in [0.1, 0.15) is 11.6 Å². The molecule has 0 spiro atoms. The van der Waals surface area contributed by atoms with Gasteiger partial charge >= 0.3 is 5.69 Å². The van der Waals surface area contributed by atoms with E-state index in [1.807, 2.05) is 25.1 Å². The van der Waals surface area contributed by atoms with Gasteiger partial charge in [-0.1, -0.05) is 19.4 Å². The number of benzene rings is 1. The number of nitrogens with two attached hydrogens (primary N) is 1. The maximum atomic E-state index is 12.6. The maximum absolute atomic E-state index is 12.6. The zero-order valence-electron chi connectivity index (χ0n) is 16.0. The minimum Gasteiger partial charge on any atom is -0.493 e. The molecule has 0 unspecified atom stereocenters. The number of likely N-dealkylation sites (N-methyl/N-ethyl adjacent to an activating group) is 1. The van der Waals surface area contributed by atoms with Gasteiger partial charge in [0.25, 0.3) is 11.5 Å². The summed E-state index contributed by atoms with van der Waals surface area (Å²) in [5, 5.41) is 0. The summed E-state index contributed by atoms with van der Waals surface area (Å²) in [7, 11) is 1.46. The van der Waals surface area contributed by atoms with Crippen LogP contribution < -0.4 is 26.6 Å². The number of rotatable bonds is 6. The zero-order valence-corrected chi connectivity index (χ0v) is 16.0. The number of carbonyl (C=O) groups excluding carboxylic acids is 1. The van der Waals surface area contributed by atoms with E-state index in [4.69, 9.17) is 10.5 Å².